The molecule has 0 saturated heterocycles. The van der Waals surface area contributed by atoms with Crippen LogP contribution in [0.5, 0.6) is 0 Å². The van der Waals surface area contributed by atoms with Gasteiger partial charge < -0.3 is 0 Å². The number of nitriles is 1. The molecular formula is C13H22N4S. The van der Waals surface area contributed by atoms with Crippen LogP contribution in [0.25, 0.3) is 0 Å². The summed E-state index contributed by atoms with van der Waals surface area (Å²) in [6.45, 7) is 6.83. The molecule has 1 aromatic heterocycles. The molecule has 1 atom stereocenters. The molecule has 0 fully saturated rings. The molecule has 0 saturated carbocycles. The molecule has 1 heterocycles. The highest BCUT2D eigenvalue weighted by atomic mass is 32.2. The highest BCUT2D eigenvalue weighted by Crippen LogP contribution is 2.21. The number of thioether (sulfide) groups is 1. The first-order valence-corrected chi connectivity index (χ1v) is 7.29. The summed E-state index contributed by atoms with van der Waals surface area (Å²) >= 11 is 1.80. The van der Waals surface area contributed by atoms with Gasteiger partial charge in [-0.3, -0.25) is 10.00 Å². The predicted octanol–water partition coefficient (Wildman–Crippen LogP) is 2.49. The molecule has 18 heavy (non-hydrogen) atoms. The van der Waals surface area contributed by atoms with Crippen LogP contribution in [0.1, 0.15) is 32.4 Å². The van der Waals surface area contributed by atoms with Crippen LogP contribution in [0.2, 0.25) is 0 Å². The average Bonchev–Trinajstić information content (AvgIpc) is 2.64. The van der Waals surface area contributed by atoms with Crippen LogP contribution < -0.4 is 5.32 Å². The first-order valence-electron chi connectivity index (χ1n) is 6.30. The Morgan fingerprint density at radius 2 is 2.33 bits per heavy atom. The minimum Gasteiger partial charge on any atom is -0.300 e. The van der Waals surface area contributed by atoms with E-state index in [0.29, 0.717) is 0 Å². The van der Waals surface area contributed by atoms with E-state index in [4.69, 9.17) is 5.26 Å². The summed E-state index contributed by atoms with van der Waals surface area (Å²) in [6.07, 6.45) is 1.90. The molecule has 0 aromatic carbocycles. The van der Waals surface area contributed by atoms with Crippen molar-refractivity contribution in [2.24, 2.45) is 7.05 Å². The third-order valence-electron chi connectivity index (χ3n) is 2.84. The topological polar surface area (TPSA) is 53.6 Å². The molecule has 1 aromatic rings. The van der Waals surface area contributed by atoms with Crippen molar-refractivity contribution >= 4 is 11.8 Å². The molecule has 0 bridgehead atoms. The number of hydrogen-bond acceptors (Lipinski definition) is 4. The lowest BCUT2D eigenvalue weighted by Crippen LogP contribution is -2.40. The maximum atomic E-state index is 9.15. The van der Waals surface area contributed by atoms with E-state index in [1.54, 1.807) is 11.8 Å². The molecule has 0 aliphatic heterocycles. The molecule has 0 amide bonds. The minimum absolute atomic E-state index is 0.391. The molecule has 4 nitrogen and oxygen atoms in total. The largest absolute Gasteiger partial charge is 0.300 e. The Morgan fingerprint density at radius 3 is 2.83 bits per heavy atom. The van der Waals surface area contributed by atoms with Crippen LogP contribution in [-0.2, 0) is 7.05 Å². The third kappa shape index (κ3) is 4.35. The second-order valence-electron chi connectivity index (χ2n) is 4.67. The fraction of sp³-hybridized carbons (Fsp3) is 0.692. The average molecular weight is 266 g/mol. The van der Waals surface area contributed by atoms with E-state index < -0.39 is 5.54 Å². The number of aryl methyl sites for hydroxylation is 2. The Morgan fingerprint density at radius 1 is 1.61 bits per heavy atom. The number of nitrogens with zero attached hydrogens (tertiary/aromatic N) is 3. The zero-order valence-corrected chi connectivity index (χ0v) is 12.5. The van der Waals surface area contributed by atoms with E-state index in [1.807, 2.05) is 32.5 Å². The van der Waals surface area contributed by atoms with Gasteiger partial charge in [0.25, 0.3) is 0 Å². The van der Waals surface area contributed by atoms with E-state index in [2.05, 4.69) is 22.6 Å². The molecule has 5 heteroatoms. The van der Waals surface area contributed by atoms with E-state index in [0.717, 1.165) is 30.8 Å². The zero-order chi connectivity index (χ0) is 13.6. The van der Waals surface area contributed by atoms with Crippen molar-refractivity contribution in [3.8, 4) is 6.07 Å². The van der Waals surface area contributed by atoms with Crippen molar-refractivity contribution < 1.29 is 0 Å². The van der Waals surface area contributed by atoms with E-state index >= 15 is 0 Å². The maximum Gasteiger partial charge on any atom is 0.103 e. The van der Waals surface area contributed by atoms with Crippen molar-refractivity contribution in [3.05, 3.63) is 11.8 Å². The van der Waals surface area contributed by atoms with Gasteiger partial charge in [-0.1, -0.05) is 6.92 Å². The molecule has 0 aliphatic rings. The lowest BCUT2D eigenvalue weighted by atomic mass is 9.98. The van der Waals surface area contributed by atoms with Gasteiger partial charge in [-0.05, 0) is 45.1 Å². The zero-order valence-electron chi connectivity index (χ0n) is 11.7. The minimum atomic E-state index is -0.391. The normalized spacial score (nSPS) is 14.2. The second kappa shape index (κ2) is 6.81. The molecule has 100 valence electrons. The number of rotatable bonds is 7. The fourth-order valence-corrected chi connectivity index (χ4v) is 2.88. The summed E-state index contributed by atoms with van der Waals surface area (Å²) in [6, 6.07) is 4.45. The standard InChI is InChI=1S/C13H22N4S/c1-5-15-13(3,10-14)7-6-8-18-12-9-11(2)16-17(12)4/h9,15H,5-8H2,1-4H3. The first-order chi connectivity index (χ1) is 8.50. The Labute approximate surface area is 114 Å². The Bertz CT molecular complexity index is 421. The summed E-state index contributed by atoms with van der Waals surface area (Å²) in [5.74, 6) is 1.02. The van der Waals surface area contributed by atoms with Crippen molar-refractivity contribution in [1.29, 1.82) is 5.26 Å². The predicted molar refractivity (Wildman–Crippen MR) is 75.6 cm³/mol. The van der Waals surface area contributed by atoms with Crippen LogP contribution in [0.4, 0.5) is 0 Å². The molecule has 0 aliphatic carbocycles. The molecule has 0 spiro atoms. The van der Waals surface area contributed by atoms with Crippen molar-refractivity contribution in [2.45, 2.75) is 44.2 Å². The van der Waals surface area contributed by atoms with Crippen molar-refractivity contribution in [2.75, 3.05) is 12.3 Å². The summed E-state index contributed by atoms with van der Waals surface area (Å²) in [5.41, 5.74) is 0.659. The van der Waals surface area contributed by atoms with Crippen molar-refractivity contribution in [3.63, 3.8) is 0 Å². The summed E-state index contributed by atoms with van der Waals surface area (Å²) in [4.78, 5) is 0. The van der Waals surface area contributed by atoms with E-state index in [9.17, 15) is 0 Å². The maximum absolute atomic E-state index is 9.15. The Balaban J connectivity index is 2.35. The highest BCUT2D eigenvalue weighted by molar-refractivity contribution is 7.99. The lowest BCUT2D eigenvalue weighted by molar-refractivity contribution is 0.426. The molecular weight excluding hydrogens is 244 g/mol. The lowest BCUT2D eigenvalue weighted by Gasteiger charge is -2.22. The number of hydrogen-bond donors (Lipinski definition) is 1. The molecule has 0 radical (unpaired) electrons. The van der Waals surface area contributed by atoms with Crippen molar-refractivity contribution in [1.82, 2.24) is 15.1 Å². The smallest absolute Gasteiger partial charge is 0.103 e. The van der Waals surface area contributed by atoms with Crippen LogP contribution in [-0.4, -0.2) is 27.6 Å². The molecule has 1 N–H and O–H groups in total. The van der Waals surface area contributed by atoms with Crippen LogP contribution in [0, 0.1) is 18.3 Å². The van der Waals surface area contributed by atoms with Crippen LogP contribution in [0.3, 0.4) is 0 Å². The summed E-state index contributed by atoms with van der Waals surface area (Å²) in [7, 11) is 1.97. The first kappa shape index (κ1) is 15.1. The van der Waals surface area contributed by atoms with Gasteiger partial charge >= 0.3 is 0 Å². The third-order valence-corrected chi connectivity index (χ3v) is 4.01. The van der Waals surface area contributed by atoms with Gasteiger partial charge in [-0.15, -0.1) is 11.8 Å². The van der Waals surface area contributed by atoms with E-state index in [1.165, 1.54) is 5.03 Å². The quantitative estimate of drug-likeness (QED) is 0.608. The summed E-state index contributed by atoms with van der Waals surface area (Å²) < 4.78 is 1.91. The Kier molecular flexibility index (Phi) is 5.70. The SMILES string of the molecule is CCNC(C)(C#N)CCCSc1cc(C)nn1C. The highest BCUT2D eigenvalue weighted by Gasteiger charge is 2.21. The van der Waals surface area contributed by atoms with Crippen LogP contribution >= 0.6 is 11.8 Å². The molecule has 1 rings (SSSR count). The summed E-state index contributed by atoms with van der Waals surface area (Å²) in [5, 5.41) is 17.9. The van der Waals surface area contributed by atoms with E-state index in [-0.39, 0.29) is 0 Å². The van der Waals surface area contributed by atoms with Crippen LogP contribution in [0.15, 0.2) is 11.1 Å². The number of aromatic nitrogens is 2. The van der Waals surface area contributed by atoms with Gasteiger partial charge in [0.2, 0.25) is 0 Å². The van der Waals surface area contributed by atoms with Gasteiger partial charge in [0, 0.05) is 7.05 Å². The van der Waals surface area contributed by atoms with Gasteiger partial charge in [0.1, 0.15) is 5.54 Å². The Hall–Kier alpha value is -0.990. The van der Waals surface area contributed by atoms with Gasteiger partial charge in [-0.2, -0.15) is 10.4 Å². The second-order valence-corrected chi connectivity index (χ2v) is 5.79. The van der Waals surface area contributed by atoms with Gasteiger partial charge in [0.05, 0.1) is 16.8 Å². The molecule has 1 unspecified atom stereocenters. The fourth-order valence-electron chi connectivity index (χ4n) is 1.90. The van der Waals surface area contributed by atoms with Gasteiger partial charge in [-0.25, -0.2) is 0 Å². The number of nitrogens with one attached hydrogen (secondary N) is 1. The van der Waals surface area contributed by atoms with Gasteiger partial charge in [0.15, 0.2) is 0 Å². The monoisotopic (exact) mass is 266 g/mol.